The molecule has 0 saturated carbocycles. The van der Waals surface area contributed by atoms with E-state index in [0.29, 0.717) is 0 Å². The van der Waals surface area contributed by atoms with Crippen LogP contribution >= 0.6 is 0 Å². The summed E-state index contributed by atoms with van der Waals surface area (Å²) in [6.07, 6.45) is 0. The molecule has 0 aliphatic heterocycles. The summed E-state index contributed by atoms with van der Waals surface area (Å²) in [7, 11) is 0. The number of hydrogen-bond acceptors (Lipinski definition) is 3. The molecule has 0 heterocycles. The molecule has 0 N–H and O–H groups in total. The van der Waals surface area contributed by atoms with Crippen molar-refractivity contribution in [2.75, 3.05) is 0 Å². The maximum atomic E-state index is 8.80. The topological polar surface area (TPSA) is 43.4 Å². The SMILES string of the molecule is O=[C-]O[C-]=O.[W+2]. The van der Waals surface area contributed by atoms with Gasteiger partial charge in [0.2, 0.25) is 0 Å². The van der Waals surface area contributed by atoms with Gasteiger partial charge in [0.25, 0.3) is 0 Å². The van der Waals surface area contributed by atoms with E-state index in [1.54, 1.807) is 0 Å². The fourth-order valence-corrected chi connectivity index (χ4v) is 0.0170. The van der Waals surface area contributed by atoms with Crippen LogP contribution in [-0.4, -0.2) is 12.9 Å². The van der Waals surface area contributed by atoms with Crippen molar-refractivity contribution in [2.24, 2.45) is 0 Å². The average molecular weight is 256 g/mol. The molecule has 0 radical (unpaired) electrons. The van der Waals surface area contributed by atoms with Gasteiger partial charge >= 0.3 is 21.1 Å². The predicted octanol–water partition coefficient (Wildman–Crippen LogP) is -0.865. The van der Waals surface area contributed by atoms with E-state index in [1.807, 2.05) is 0 Å². The molecule has 0 bridgehead atoms. The molecule has 0 aromatic heterocycles. The summed E-state index contributed by atoms with van der Waals surface area (Å²) < 4.78 is 3.22. The van der Waals surface area contributed by atoms with Crippen LogP contribution in [0.4, 0.5) is 0 Å². The minimum absolute atomic E-state index is 0. The molecule has 6 heavy (non-hydrogen) atoms. The third kappa shape index (κ3) is 9.16. The maximum absolute atomic E-state index is 8.80. The van der Waals surface area contributed by atoms with Crippen molar-refractivity contribution in [1.82, 2.24) is 0 Å². The zero-order valence-corrected chi connectivity index (χ0v) is 5.57. The molecule has 3 nitrogen and oxygen atoms in total. The second-order valence-corrected chi connectivity index (χ2v) is 0.269. The Bertz CT molecular complexity index is 38.1. The van der Waals surface area contributed by atoms with Gasteiger partial charge in [0.05, 0.1) is 0 Å². The van der Waals surface area contributed by atoms with Crippen LogP contribution in [0.5, 0.6) is 0 Å². The molecule has 0 atom stereocenters. The third-order valence-corrected chi connectivity index (χ3v) is 0.0833. The molecule has 4 heteroatoms. The standard InChI is InChI=1S/C2O3.W/c3-1-5-2-4;/q-2;+2. The van der Waals surface area contributed by atoms with Crippen molar-refractivity contribution in [1.29, 1.82) is 0 Å². The van der Waals surface area contributed by atoms with Crippen molar-refractivity contribution >= 4 is 12.9 Å². The largest absolute Gasteiger partial charge is 2.00 e. The minimum atomic E-state index is 0. The summed E-state index contributed by atoms with van der Waals surface area (Å²) in [6.45, 7) is 1.69. The number of rotatable bonds is 2. The van der Waals surface area contributed by atoms with Crippen LogP contribution in [0.1, 0.15) is 0 Å². The van der Waals surface area contributed by atoms with Crippen LogP contribution < -0.4 is 0 Å². The Labute approximate surface area is 48.9 Å². The Balaban J connectivity index is 0. The van der Waals surface area contributed by atoms with Gasteiger partial charge in [-0.05, 0) is 0 Å². The van der Waals surface area contributed by atoms with Crippen LogP contribution in [0.3, 0.4) is 0 Å². The second-order valence-electron chi connectivity index (χ2n) is 0.269. The van der Waals surface area contributed by atoms with E-state index in [-0.39, 0.29) is 21.1 Å². The fraction of sp³-hybridized carbons (Fsp3) is 0. The normalized spacial score (nSPS) is 4.67. The summed E-state index contributed by atoms with van der Waals surface area (Å²) in [6, 6.07) is 0. The van der Waals surface area contributed by atoms with Gasteiger partial charge in [0.15, 0.2) is 0 Å². The van der Waals surface area contributed by atoms with Crippen molar-refractivity contribution in [2.45, 2.75) is 0 Å². The zero-order chi connectivity index (χ0) is 4.12. The molecule has 0 aliphatic carbocycles. The van der Waals surface area contributed by atoms with E-state index in [2.05, 4.69) is 4.74 Å². The van der Waals surface area contributed by atoms with Crippen molar-refractivity contribution in [3.8, 4) is 0 Å². The quantitative estimate of drug-likeness (QED) is 0.476. The first-order valence-corrected chi connectivity index (χ1v) is 0.816. The molecule has 0 rings (SSSR count). The summed E-state index contributed by atoms with van der Waals surface area (Å²) >= 11 is 0. The molecule has 0 saturated heterocycles. The number of carbonyl (C=O) groups excluding carboxylic acids is 2. The van der Waals surface area contributed by atoms with Crippen LogP contribution in [0.25, 0.3) is 0 Å². The van der Waals surface area contributed by atoms with Crippen LogP contribution in [0, 0.1) is 0 Å². The number of hydrogen-bond donors (Lipinski definition) is 0. The summed E-state index contributed by atoms with van der Waals surface area (Å²) in [5.74, 6) is 0. The third-order valence-electron chi connectivity index (χ3n) is 0.0833. The Kier molecular flexibility index (Phi) is 13.7. The molecular formula is C2O3W. The fourth-order valence-electron chi connectivity index (χ4n) is 0.0170. The van der Waals surface area contributed by atoms with Crippen LogP contribution in [-0.2, 0) is 35.4 Å². The first kappa shape index (κ1) is 9.27. The summed E-state index contributed by atoms with van der Waals surface area (Å²) in [4.78, 5) is 17.6. The van der Waals surface area contributed by atoms with E-state index in [1.165, 1.54) is 0 Å². The van der Waals surface area contributed by atoms with Crippen molar-refractivity contribution in [3.63, 3.8) is 0 Å². The van der Waals surface area contributed by atoms with Gasteiger partial charge in [-0.15, -0.1) is 12.9 Å². The molecule has 32 valence electrons. The summed E-state index contributed by atoms with van der Waals surface area (Å²) in [5, 5.41) is 0. The van der Waals surface area contributed by atoms with Crippen molar-refractivity contribution < 1.29 is 35.4 Å². The molecule has 0 spiro atoms. The Morgan fingerprint density at radius 3 is 1.50 bits per heavy atom. The minimum Gasteiger partial charge on any atom is -0.783 e. The predicted molar refractivity (Wildman–Crippen MR) is 12.5 cm³/mol. The van der Waals surface area contributed by atoms with Gasteiger partial charge in [-0.1, -0.05) is 0 Å². The van der Waals surface area contributed by atoms with E-state index >= 15 is 0 Å². The van der Waals surface area contributed by atoms with E-state index < -0.39 is 0 Å². The first-order valence-electron chi connectivity index (χ1n) is 0.816. The molecule has 0 amide bonds. The van der Waals surface area contributed by atoms with Gasteiger partial charge in [-0.2, -0.15) is 0 Å². The second kappa shape index (κ2) is 8.85. The maximum Gasteiger partial charge on any atom is 2.00 e. The van der Waals surface area contributed by atoms with Gasteiger partial charge in [0.1, 0.15) is 0 Å². The van der Waals surface area contributed by atoms with Crippen LogP contribution in [0.2, 0.25) is 0 Å². The molecule has 0 aliphatic rings. The van der Waals surface area contributed by atoms with Gasteiger partial charge in [-0.25, -0.2) is 0 Å². The summed E-state index contributed by atoms with van der Waals surface area (Å²) in [5.41, 5.74) is 0. The smallest absolute Gasteiger partial charge is 0.783 e. The first-order chi connectivity index (χ1) is 2.41. The Morgan fingerprint density at radius 2 is 1.50 bits per heavy atom. The van der Waals surface area contributed by atoms with Gasteiger partial charge in [0, 0.05) is 0 Å². The number of ether oxygens (including phenoxy) is 1. The Hall–Kier alpha value is -0.172. The van der Waals surface area contributed by atoms with E-state index in [4.69, 9.17) is 9.59 Å². The molecule has 0 fully saturated rings. The van der Waals surface area contributed by atoms with Crippen molar-refractivity contribution in [3.05, 3.63) is 0 Å². The molecular weight excluding hydrogens is 256 g/mol. The van der Waals surface area contributed by atoms with E-state index in [0.717, 1.165) is 12.9 Å². The van der Waals surface area contributed by atoms with Gasteiger partial charge in [-0.3, -0.25) is 0 Å². The van der Waals surface area contributed by atoms with Crippen LogP contribution in [0.15, 0.2) is 0 Å². The molecule has 0 aromatic carbocycles. The van der Waals surface area contributed by atoms with E-state index in [9.17, 15) is 0 Å². The molecule has 0 aromatic rings. The monoisotopic (exact) mass is 256 g/mol. The van der Waals surface area contributed by atoms with Gasteiger partial charge < -0.3 is 14.3 Å². The molecule has 0 unspecified atom stereocenters. The Morgan fingerprint density at radius 1 is 1.17 bits per heavy atom. The average Bonchev–Trinajstić information content (AvgIpc) is 1.41. The zero-order valence-electron chi connectivity index (χ0n) is 2.63.